The van der Waals surface area contributed by atoms with Gasteiger partial charge in [-0.3, -0.25) is 0 Å². The van der Waals surface area contributed by atoms with Crippen LogP contribution >= 0.6 is 28.7 Å². The van der Waals surface area contributed by atoms with Crippen LogP contribution in [0.4, 0.5) is 0 Å². The monoisotopic (exact) mass is 254 g/mol. The van der Waals surface area contributed by atoms with Crippen molar-refractivity contribution in [1.29, 1.82) is 0 Å². The van der Waals surface area contributed by atoms with Gasteiger partial charge < -0.3 is 9.79 Å². The number of halogens is 1. The molecule has 0 unspecified atom stereocenters. The van der Waals surface area contributed by atoms with Gasteiger partial charge in [-0.1, -0.05) is 35.1 Å². The zero-order chi connectivity index (χ0) is 9.90. The van der Waals surface area contributed by atoms with Gasteiger partial charge in [0.1, 0.15) is 0 Å². The summed E-state index contributed by atoms with van der Waals surface area (Å²) in [6, 6.07) is 7.19. The van der Waals surface area contributed by atoms with Crippen molar-refractivity contribution in [3.05, 3.63) is 34.9 Å². The Bertz CT molecular complexity index is 322. The molecule has 0 heterocycles. The highest BCUT2D eigenvalue weighted by molar-refractivity contribution is 8.67. The summed E-state index contributed by atoms with van der Waals surface area (Å²) < 4.78 is 0. The molecular weight excluding hydrogens is 247 g/mol. The van der Waals surface area contributed by atoms with Gasteiger partial charge in [0.25, 0.3) is 0 Å². The van der Waals surface area contributed by atoms with E-state index in [0.29, 0.717) is 10.8 Å². The van der Waals surface area contributed by atoms with Gasteiger partial charge in [0.05, 0.1) is 0 Å². The lowest BCUT2D eigenvalue weighted by atomic mass is 10.2. The molecule has 0 spiro atoms. The van der Waals surface area contributed by atoms with Gasteiger partial charge in [-0.15, -0.1) is 0 Å². The predicted molar refractivity (Wildman–Crippen MR) is 61.5 cm³/mol. The molecule has 1 rings (SSSR count). The smallest absolute Gasteiger partial charge is 0.242 e. The Morgan fingerprint density at radius 1 is 1.31 bits per heavy atom. The molecular formula is C7H8ClO2PS2. The summed E-state index contributed by atoms with van der Waals surface area (Å²) in [6.07, 6.45) is 0. The maximum atomic E-state index is 8.95. The maximum absolute atomic E-state index is 8.95. The molecule has 0 aromatic heterocycles. The highest BCUT2D eigenvalue weighted by Crippen LogP contribution is 2.52. The standard InChI is InChI=1S/C7H8ClO2PS2/c8-7-3-1-6(2-4-7)5-13-11(9,10)12/h1-4H,5H2,(H2,9,10,12). The fraction of sp³-hybridized carbons (Fsp3) is 0.143. The molecule has 2 nitrogen and oxygen atoms in total. The van der Waals surface area contributed by atoms with E-state index in [9.17, 15) is 0 Å². The van der Waals surface area contributed by atoms with E-state index in [1.807, 2.05) is 12.1 Å². The summed E-state index contributed by atoms with van der Waals surface area (Å²) in [6.45, 7) is 0. The van der Waals surface area contributed by atoms with Gasteiger partial charge in [-0.05, 0) is 29.5 Å². The highest BCUT2D eigenvalue weighted by atomic mass is 35.5. The lowest BCUT2D eigenvalue weighted by molar-refractivity contribution is 0.502. The third-order valence-corrected chi connectivity index (χ3v) is 4.71. The van der Waals surface area contributed by atoms with E-state index >= 15 is 0 Å². The van der Waals surface area contributed by atoms with Crippen LogP contribution in [0.1, 0.15) is 5.56 Å². The van der Waals surface area contributed by atoms with E-state index in [0.717, 1.165) is 16.9 Å². The first-order valence-electron chi connectivity index (χ1n) is 3.42. The summed E-state index contributed by atoms with van der Waals surface area (Å²) in [5.41, 5.74) is -2.15. The van der Waals surface area contributed by atoms with Crippen LogP contribution in [-0.2, 0) is 17.6 Å². The molecule has 72 valence electrons. The maximum Gasteiger partial charge on any atom is 0.242 e. The minimum atomic E-state index is -3.13. The normalized spacial score (nSPS) is 11.6. The molecule has 1 aromatic carbocycles. The Kier molecular flexibility index (Phi) is 4.23. The second-order valence-corrected chi connectivity index (χ2v) is 8.88. The van der Waals surface area contributed by atoms with E-state index in [2.05, 4.69) is 11.8 Å². The summed E-state index contributed by atoms with van der Waals surface area (Å²) in [5, 5.41) is 0.668. The van der Waals surface area contributed by atoms with Crippen molar-refractivity contribution in [3.63, 3.8) is 0 Å². The SMILES string of the molecule is OP(O)(=S)SCc1ccc(Cl)cc1. The number of hydrogen-bond donors (Lipinski definition) is 2. The van der Waals surface area contributed by atoms with E-state index in [-0.39, 0.29) is 0 Å². The van der Waals surface area contributed by atoms with Crippen LogP contribution in [0.25, 0.3) is 0 Å². The van der Waals surface area contributed by atoms with Crippen molar-refractivity contribution in [2.24, 2.45) is 0 Å². The lowest BCUT2D eigenvalue weighted by Crippen LogP contribution is -1.79. The number of rotatable bonds is 3. The van der Waals surface area contributed by atoms with Crippen molar-refractivity contribution < 1.29 is 9.79 Å². The molecule has 0 saturated carbocycles. The molecule has 0 amide bonds. The largest absolute Gasteiger partial charge is 0.338 e. The first-order valence-corrected chi connectivity index (χ1v) is 8.09. The molecule has 0 bridgehead atoms. The van der Waals surface area contributed by atoms with E-state index in [4.69, 9.17) is 21.4 Å². The molecule has 0 aliphatic rings. The average molecular weight is 255 g/mol. The van der Waals surface area contributed by atoms with Crippen LogP contribution in [0.5, 0.6) is 0 Å². The molecule has 2 N–H and O–H groups in total. The third-order valence-electron chi connectivity index (χ3n) is 1.31. The molecule has 0 fully saturated rings. The fourth-order valence-electron chi connectivity index (χ4n) is 0.739. The van der Waals surface area contributed by atoms with Gasteiger partial charge in [0, 0.05) is 10.8 Å². The quantitative estimate of drug-likeness (QED) is 0.814. The first kappa shape index (κ1) is 11.5. The minimum absolute atomic E-state index is 0.501. The van der Waals surface area contributed by atoms with Crippen LogP contribution in [0.3, 0.4) is 0 Å². The van der Waals surface area contributed by atoms with Gasteiger partial charge in [0.2, 0.25) is 5.69 Å². The first-order chi connectivity index (χ1) is 5.97. The second kappa shape index (κ2) is 4.78. The topological polar surface area (TPSA) is 40.5 Å². The van der Waals surface area contributed by atoms with Crippen LogP contribution in [0, 0.1) is 0 Å². The van der Waals surface area contributed by atoms with Gasteiger partial charge in [0.15, 0.2) is 0 Å². The van der Waals surface area contributed by atoms with Gasteiger partial charge in [-0.2, -0.15) is 0 Å². The van der Waals surface area contributed by atoms with Crippen molar-refractivity contribution in [2.45, 2.75) is 5.75 Å². The molecule has 0 saturated heterocycles. The predicted octanol–water partition coefficient (Wildman–Crippen LogP) is 2.78. The van der Waals surface area contributed by atoms with E-state index < -0.39 is 5.69 Å². The molecule has 0 aliphatic carbocycles. The third kappa shape index (κ3) is 5.01. The lowest BCUT2D eigenvalue weighted by Gasteiger charge is -2.05. The second-order valence-electron chi connectivity index (χ2n) is 2.39. The summed E-state index contributed by atoms with van der Waals surface area (Å²) in [7, 11) is 0. The molecule has 0 radical (unpaired) electrons. The Balaban J connectivity index is 2.56. The minimum Gasteiger partial charge on any atom is -0.338 e. The molecule has 1 aromatic rings. The number of benzene rings is 1. The van der Waals surface area contributed by atoms with Crippen molar-refractivity contribution in [3.8, 4) is 0 Å². The molecule has 13 heavy (non-hydrogen) atoms. The van der Waals surface area contributed by atoms with Crippen LogP contribution in [0.2, 0.25) is 5.02 Å². The Morgan fingerprint density at radius 2 is 1.85 bits per heavy atom. The summed E-state index contributed by atoms with van der Waals surface area (Å²) in [5.74, 6) is 0.501. The van der Waals surface area contributed by atoms with Gasteiger partial charge >= 0.3 is 0 Å². The van der Waals surface area contributed by atoms with Crippen LogP contribution < -0.4 is 0 Å². The Morgan fingerprint density at radius 3 is 2.31 bits per heavy atom. The molecule has 6 heteroatoms. The van der Waals surface area contributed by atoms with E-state index in [1.165, 1.54) is 0 Å². The zero-order valence-corrected chi connectivity index (χ0v) is 9.84. The van der Waals surface area contributed by atoms with Gasteiger partial charge in [-0.25, -0.2) is 0 Å². The highest BCUT2D eigenvalue weighted by Gasteiger charge is 2.07. The zero-order valence-electron chi connectivity index (χ0n) is 6.55. The summed E-state index contributed by atoms with van der Waals surface area (Å²) >= 11 is 11.1. The van der Waals surface area contributed by atoms with Crippen LogP contribution in [0.15, 0.2) is 24.3 Å². The average Bonchev–Trinajstić information content (AvgIpc) is 2.02. The summed E-state index contributed by atoms with van der Waals surface area (Å²) in [4.78, 5) is 17.9. The van der Waals surface area contributed by atoms with E-state index in [1.54, 1.807) is 12.1 Å². The molecule has 0 aliphatic heterocycles. The van der Waals surface area contributed by atoms with Crippen molar-refractivity contribution in [2.75, 3.05) is 0 Å². The number of hydrogen-bond acceptors (Lipinski definition) is 2. The molecule has 0 atom stereocenters. The Labute approximate surface area is 90.9 Å². The van der Waals surface area contributed by atoms with Crippen molar-refractivity contribution >= 4 is 40.5 Å². The fourth-order valence-corrected chi connectivity index (χ4v) is 2.80. The Hall–Kier alpha value is 0.430. The van der Waals surface area contributed by atoms with Crippen molar-refractivity contribution in [1.82, 2.24) is 0 Å². The van der Waals surface area contributed by atoms with Crippen LogP contribution in [-0.4, -0.2) is 9.79 Å².